The zero-order chi connectivity index (χ0) is 17.7. The van der Waals surface area contributed by atoms with Crippen LogP contribution in [-0.4, -0.2) is 20.6 Å². The van der Waals surface area contributed by atoms with Crippen LogP contribution < -0.4 is 10.2 Å². The molecular weight excluding hydrogens is 327 g/mol. The van der Waals surface area contributed by atoms with E-state index in [1.165, 1.54) is 29.4 Å². The molecule has 0 radical (unpaired) electrons. The molecular formula is C18H11FN2O4. The summed E-state index contributed by atoms with van der Waals surface area (Å²) in [6.45, 7) is 1.70. The summed E-state index contributed by atoms with van der Waals surface area (Å²) in [7, 11) is 0. The Balaban J connectivity index is 2.20. The zero-order valence-corrected chi connectivity index (χ0v) is 13.0. The van der Waals surface area contributed by atoms with Gasteiger partial charge in [-0.05, 0) is 30.7 Å². The molecule has 0 amide bonds. The number of carboxylic acid groups (broad SMARTS) is 1. The average Bonchev–Trinajstić information content (AvgIpc) is 2.60. The average molecular weight is 338 g/mol. The molecule has 124 valence electrons. The third kappa shape index (κ3) is 2.13. The van der Waals surface area contributed by atoms with Crippen LogP contribution in [0.2, 0.25) is 0 Å². The molecule has 2 aromatic heterocycles. The van der Waals surface area contributed by atoms with E-state index >= 15 is 0 Å². The molecule has 1 aliphatic heterocycles. The summed E-state index contributed by atoms with van der Waals surface area (Å²) >= 11 is 0. The minimum absolute atomic E-state index is 0.0438. The molecule has 0 bridgehead atoms. The maximum absolute atomic E-state index is 14.8. The summed E-state index contributed by atoms with van der Waals surface area (Å²) in [5, 5.41) is 9.21. The lowest BCUT2D eigenvalue weighted by molar-refractivity contribution is 0.0695. The fraction of sp³-hybridized carbons (Fsp3) is 0.0556. The fourth-order valence-electron chi connectivity index (χ4n) is 2.96. The highest BCUT2D eigenvalue weighted by Gasteiger charge is 2.26. The first-order valence-corrected chi connectivity index (χ1v) is 7.38. The second kappa shape index (κ2) is 5.27. The van der Waals surface area contributed by atoms with E-state index in [1.807, 2.05) is 0 Å². The molecule has 0 aliphatic carbocycles. The summed E-state index contributed by atoms with van der Waals surface area (Å²) < 4.78 is 21.9. The number of ether oxygens (including phenoxy) is 1. The summed E-state index contributed by atoms with van der Waals surface area (Å²) in [4.78, 5) is 27.7. The van der Waals surface area contributed by atoms with Crippen LogP contribution in [0.15, 0.2) is 47.8 Å². The van der Waals surface area contributed by atoms with Crippen LogP contribution in [0.1, 0.15) is 17.3 Å². The van der Waals surface area contributed by atoms with E-state index in [0.29, 0.717) is 16.8 Å². The number of rotatable bonds is 2. The lowest BCUT2D eigenvalue weighted by Gasteiger charge is -2.22. The SMILES string of the molecule is CC1=COc2c(-c3ccncc3)c(F)cc3c(=O)c(C(=O)O)cn1c23. The molecule has 1 aromatic carbocycles. The Bertz CT molecular complexity index is 1130. The smallest absolute Gasteiger partial charge is 0.341 e. The quantitative estimate of drug-likeness (QED) is 0.776. The second-order valence-corrected chi connectivity index (χ2v) is 5.62. The third-order valence-corrected chi connectivity index (χ3v) is 4.12. The van der Waals surface area contributed by atoms with Crippen molar-refractivity contribution in [1.29, 1.82) is 0 Å². The van der Waals surface area contributed by atoms with Crippen molar-refractivity contribution in [2.75, 3.05) is 0 Å². The molecule has 0 unspecified atom stereocenters. The number of halogens is 1. The van der Waals surface area contributed by atoms with Gasteiger partial charge in [0.1, 0.15) is 23.2 Å². The van der Waals surface area contributed by atoms with Crippen LogP contribution >= 0.6 is 0 Å². The molecule has 1 N–H and O–H groups in total. The maximum Gasteiger partial charge on any atom is 0.341 e. The van der Waals surface area contributed by atoms with Gasteiger partial charge in [-0.2, -0.15) is 0 Å². The molecule has 4 rings (SSSR count). The highest BCUT2D eigenvalue weighted by molar-refractivity contribution is 5.99. The van der Waals surface area contributed by atoms with Gasteiger partial charge in [0, 0.05) is 18.6 Å². The normalized spacial score (nSPS) is 12.6. The highest BCUT2D eigenvalue weighted by atomic mass is 19.1. The second-order valence-electron chi connectivity index (χ2n) is 5.62. The van der Waals surface area contributed by atoms with Crippen molar-refractivity contribution < 1.29 is 19.0 Å². The summed E-state index contributed by atoms with van der Waals surface area (Å²) in [6.07, 6.45) is 5.67. The van der Waals surface area contributed by atoms with E-state index in [-0.39, 0.29) is 16.7 Å². The molecule has 6 nitrogen and oxygen atoms in total. The number of hydrogen-bond donors (Lipinski definition) is 1. The van der Waals surface area contributed by atoms with Crippen LogP contribution in [0.5, 0.6) is 5.75 Å². The van der Waals surface area contributed by atoms with Gasteiger partial charge in [-0.1, -0.05) is 0 Å². The number of aromatic nitrogens is 2. The number of allylic oxidation sites excluding steroid dienone is 1. The summed E-state index contributed by atoms with van der Waals surface area (Å²) in [5.41, 5.74) is 0.465. The van der Waals surface area contributed by atoms with Gasteiger partial charge in [0.2, 0.25) is 5.43 Å². The molecule has 1 aliphatic rings. The molecule has 3 aromatic rings. The Hall–Kier alpha value is -3.48. The van der Waals surface area contributed by atoms with E-state index < -0.39 is 22.8 Å². The van der Waals surface area contributed by atoms with E-state index in [1.54, 1.807) is 19.1 Å². The molecule has 3 heterocycles. The first-order valence-electron chi connectivity index (χ1n) is 7.38. The van der Waals surface area contributed by atoms with Gasteiger partial charge in [-0.3, -0.25) is 9.78 Å². The van der Waals surface area contributed by atoms with Gasteiger partial charge >= 0.3 is 5.97 Å². The van der Waals surface area contributed by atoms with Crippen molar-refractivity contribution in [2.24, 2.45) is 0 Å². The van der Waals surface area contributed by atoms with E-state index in [2.05, 4.69) is 4.98 Å². The maximum atomic E-state index is 14.8. The first kappa shape index (κ1) is 15.1. The number of aromatic carboxylic acids is 1. The number of pyridine rings is 2. The molecule has 0 spiro atoms. The predicted molar refractivity (Wildman–Crippen MR) is 88.9 cm³/mol. The minimum atomic E-state index is -1.37. The minimum Gasteiger partial charge on any atom is -0.477 e. The van der Waals surface area contributed by atoms with Crippen LogP contribution in [-0.2, 0) is 0 Å². The van der Waals surface area contributed by atoms with Gasteiger partial charge in [0.25, 0.3) is 0 Å². The van der Waals surface area contributed by atoms with Crippen LogP contribution in [0.4, 0.5) is 4.39 Å². The van der Waals surface area contributed by atoms with Gasteiger partial charge in [0.15, 0.2) is 5.75 Å². The molecule has 0 saturated heterocycles. The first-order chi connectivity index (χ1) is 12.0. The van der Waals surface area contributed by atoms with Crippen molar-refractivity contribution in [2.45, 2.75) is 6.92 Å². The van der Waals surface area contributed by atoms with E-state index in [9.17, 15) is 19.1 Å². The van der Waals surface area contributed by atoms with E-state index in [0.717, 1.165) is 6.07 Å². The molecule has 0 fully saturated rings. The Morgan fingerprint density at radius 3 is 2.72 bits per heavy atom. The van der Waals surface area contributed by atoms with Crippen LogP contribution in [0, 0.1) is 5.82 Å². The van der Waals surface area contributed by atoms with Crippen molar-refractivity contribution in [3.05, 3.63) is 64.7 Å². The number of benzene rings is 1. The van der Waals surface area contributed by atoms with Crippen LogP contribution in [0.25, 0.3) is 27.7 Å². The molecule has 25 heavy (non-hydrogen) atoms. The number of carboxylic acids is 1. The molecule has 0 atom stereocenters. The Labute approximate surface area is 140 Å². The lowest BCUT2D eigenvalue weighted by Crippen LogP contribution is -2.20. The Kier molecular flexibility index (Phi) is 3.18. The summed E-state index contributed by atoms with van der Waals surface area (Å²) in [5.74, 6) is -1.87. The van der Waals surface area contributed by atoms with Crippen LogP contribution in [0.3, 0.4) is 0 Å². The number of hydrogen-bond acceptors (Lipinski definition) is 4. The van der Waals surface area contributed by atoms with Crippen molar-refractivity contribution >= 4 is 22.6 Å². The van der Waals surface area contributed by atoms with Gasteiger partial charge < -0.3 is 14.4 Å². The van der Waals surface area contributed by atoms with Crippen molar-refractivity contribution in [3.8, 4) is 16.9 Å². The predicted octanol–water partition coefficient (Wildman–Crippen LogP) is 3.11. The topological polar surface area (TPSA) is 81.4 Å². The fourth-order valence-corrected chi connectivity index (χ4v) is 2.96. The van der Waals surface area contributed by atoms with Gasteiger partial charge in [-0.25, -0.2) is 9.18 Å². The Morgan fingerprint density at radius 1 is 1.32 bits per heavy atom. The zero-order valence-electron chi connectivity index (χ0n) is 13.0. The number of nitrogens with zero attached hydrogens (tertiary/aromatic N) is 2. The van der Waals surface area contributed by atoms with Gasteiger partial charge in [0.05, 0.1) is 16.6 Å². The van der Waals surface area contributed by atoms with Gasteiger partial charge in [-0.15, -0.1) is 0 Å². The summed E-state index contributed by atoms with van der Waals surface area (Å²) in [6, 6.07) is 4.31. The lowest BCUT2D eigenvalue weighted by atomic mass is 10.00. The molecule has 7 heteroatoms. The van der Waals surface area contributed by atoms with E-state index in [4.69, 9.17) is 4.74 Å². The van der Waals surface area contributed by atoms with Crippen molar-refractivity contribution in [3.63, 3.8) is 0 Å². The Morgan fingerprint density at radius 2 is 2.04 bits per heavy atom. The monoisotopic (exact) mass is 338 g/mol. The number of carbonyl (C=O) groups is 1. The third-order valence-electron chi connectivity index (χ3n) is 4.12. The van der Waals surface area contributed by atoms with Crippen molar-refractivity contribution in [1.82, 2.24) is 9.55 Å². The standard InChI is InChI=1S/C18H11FN2O4/c1-9-8-25-17-14(10-2-4-20-5-3-10)13(19)6-11-15(17)21(9)7-12(16(11)22)18(23)24/h2-8H,1H3,(H,23,24). The highest BCUT2D eigenvalue weighted by Crippen LogP contribution is 2.41. The molecule has 0 saturated carbocycles. The largest absolute Gasteiger partial charge is 0.477 e.